The van der Waals surface area contributed by atoms with Gasteiger partial charge in [0.2, 0.25) is 15.9 Å². The van der Waals surface area contributed by atoms with Crippen LogP contribution in [0.2, 0.25) is 0 Å². The SMILES string of the molecule is Cc1cc(C)c(S(=O)(=O)N2CCC(C(=O)N3CCOC(C)C3)CC2)c(C)c1. The van der Waals surface area contributed by atoms with E-state index in [1.54, 1.807) is 4.31 Å². The van der Waals surface area contributed by atoms with E-state index >= 15 is 0 Å². The number of morpholine rings is 1. The van der Waals surface area contributed by atoms with Gasteiger partial charge in [-0.2, -0.15) is 4.31 Å². The lowest BCUT2D eigenvalue weighted by atomic mass is 9.96. The third-order valence-corrected chi connectivity index (χ3v) is 7.76. The Bertz CT molecular complexity index is 790. The summed E-state index contributed by atoms with van der Waals surface area (Å²) in [4.78, 5) is 15.1. The van der Waals surface area contributed by atoms with Crippen LogP contribution in [-0.4, -0.2) is 62.4 Å². The van der Waals surface area contributed by atoms with Crippen molar-refractivity contribution >= 4 is 15.9 Å². The second kappa shape index (κ2) is 7.89. The van der Waals surface area contributed by atoms with Gasteiger partial charge in [0.15, 0.2) is 0 Å². The van der Waals surface area contributed by atoms with Crippen molar-refractivity contribution in [1.82, 2.24) is 9.21 Å². The number of carbonyl (C=O) groups excluding carboxylic acids is 1. The summed E-state index contributed by atoms with van der Waals surface area (Å²) in [7, 11) is -3.53. The average molecular weight is 395 g/mol. The second-order valence-electron chi connectivity index (χ2n) is 7.87. The molecule has 2 saturated heterocycles. The van der Waals surface area contributed by atoms with E-state index in [4.69, 9.17) is 4.74 Å². The van der Waals surface area contributed by atoms with E-state index in [1.807, 2.05) is 44.7 Å². The zero-order chi connectivity index (χ0) is 19.8. The maximum atomic E-state index is 13.2. The molecule has 1 unspecified atom stereocenters. The summed E-state index contributed by atoms with van der Waals surface area (Å²) < 4.78 is 33.4. The van der Waals surface area contributed by atoms with Crippen LogP contribution in [0, 0.1) is 26.7 Å². The molecule has 6 nitrogen and oxygen atoms in total. The fourth-order valence-corrected chi connectivity index (χ4v) is 6.20. The average Bonchev–Trinajstić information content (AvgIpc) is 2.60. The highest BCUT2D eigenvalue weighted by Crippen LogP contribution is 2.29. The summed E-state index contributed by atoms with van der Waals surface area (Å²) in [5.74, 6) is 0.0480. The van der Waals surface area contributed by atoms with Crippen LogP contribution in [0.1, 0.15) is 36.5 Å². The van der Waals surface area contributed by atoms with E-state index in [9.17, 15) is 13.2 Å². The number of nitrogens with zero attached hydrogens (tertiary/aromatic N) is 2. The topological polar surface area (TPSA) is 66.9 Å². The highest BCUT2D eigenvalue weighted by atomic mass is 32.2. The lowest BCUT2D eigenvalue weighted by molar-refractivity contribution is -0.143. The largest absolute Gasteiger partial charge is 0.375 e. The molecule has 2 heterocycles. The highest BCUT2D eigenvalue weighted by Gasteiger charge is 2.35. The summed E-state index contributed by atoms with van der Waals surface area (Å²) in [6.45, 7) is 10.3. The van der Waals surface area contributed by atoms with Crippen molar-refractivity contribution in [3.05, 3.63) is 28.8 Å². The molecule has 2 aliphatic heterocycles. The van der Waals surface area contributed by atoms with Gasteiger partial charge in [-0.15, -0.1) is 0 Å². The zero-order valence-electron chi connectivity index (χ0n) is 16.7. The molecule has 7 heteroatoms. The minimum absolute atomic E-state index is 0.0654. The summed E-state index contributed by atoms with van der Waals surface area (Å²) in [5.41, 5.74) is 2.63. The Kier molecular flexibility index (Phi) is 5.93. The van der Waals surface area contributed by atoms with Gasteiger partial charge >= 0.3 is 0 Å². The Morgan fingerprint density at radius 3 is 2.22 bits per heavy atom. The maximum Gasteiger partial charge on any atom is 0.243 e. The third kappa shape index (κ3) is 4.20. The number of rotatable bonds is 3. The van der Waals surface area contributed by atoms with Gasteiger partial charge in [0.25, 0.3) is 0 Å². The number of hydrogen-bond acceptors (Lipinski definition) is 4. The summed E-state index contributed by atoms with van der Waals surface area (Å²) >= 11 is 0. The van der Waals surface area contributed by atoms with Gasteiger partial charge in [0.05, 0.1) is 17.6 Å². The molecule has 0 radical (unpaired) electrons. The van der Waals surface area contributed by atoms with Crippen LogP contribution in [-0.2, 0) is 19.6 Å². The highest BCUT2D eigenvalue weighted by molar-refractivity contribution is 7.89. The zero-order valence-corrected chi connectivity index (χ0v) is 17.5. The smallest absolute Gasteiger partial charge is 0.243 e. The van der Waals surface area contributed by atoms with E-state index in [1.165, 1.54) is 0 Å². The molecule has 27 heavy (non-hydrogen) atoms. The van der Waals surface area contributed by atoms with Crippen molar-refractivity contribution in [3.8, 4) is 0 Å². The van der Waals surface area contributed by atoms with E-state index in [0.717, 1.165) is 16.7 Å². The normalized spacial score (nSPS) is 22.8. The Labute approximate surface area is 162 Å². The number of carbonyl (C=O) groups is 1. The van der Waals surface area contributed by atoms with Crippen molar-refractivity contribution < 1.29 is 17.9 Å². The molecule has 1 aromatic carbocycles. The van der Waals surface area contributed by atoms with Gasteiger partial charge < -0.3 is 9.64 Å². The Morgan fingerprint density at radius 1 is 1.07 bits per heavy atom. The van der Waals surface area contributed by atoms with Crippen LogP contribution >= 0.6 is 0 Å². The molecule has 0 aromatic heterocycles. The van der Waals surface area contributed by atoms with Crippen molar-refractivity contribution in [2.75, 3.05) is 32.8 Å². The minimum atomic E-state index is -3.53. The lowest BCUT2D eigenvalue weighted by Crippen LogP contribution is -2.49. The summed E-state index contributed by atoms with van der Waals surface area (Å²) in [6, 6.07) is 3.82. The first-order valence-electron chi connectivity index (χ1n) is 9.68. The molecular formula is C20H30N2O4S. The fourth-order valence-electron chi connectivity index (χ4n) is 4.32. The predicted octanol–water partition coefficient (Wildman–Crippen LogP) is 2.26. The first kappa shape index (κ1) is 20.3. The van der Waals surface area contributed by atoms with Crippen LogP contribution in [0.25, 0.3) is 0 Å². The monoisotopic (exact) mass is 394 g/mol. The Hall–Kier alpha value is -1.44. The molecule has 0 N–H and O–H groups in total. The minimum Gasteiger partial charge on any atom is -0.375 e. The Morgan fingerprint density at radius 2 is 1.67 bits per heavy atom. The number of benzene rings is 1. The van der Waals surface area contributed by atoms with E-state index in [0.29, 0.717) is 50.5 Å². The van der Waals surface area contributed by atoms with E-state index in [-0.39, 0.29) is 17.9 Å². The standard InChI is InChI=1S/C20H30N2O4S/c1-14-11-15(2)19(16(3)12-14)27(24,25)22-7-5-18(6-8-22)20(23)21-9-10-26-17(4)13-21/h11-12,17-18H,5-10,13H2,1-4H3. The van der Waals surface area contributed by atoms with E-state index in [2.05, 4.69) is 0 Å². The van der Waals surface area contributed by atoms with Gasteiger partial charge in [0, 0.05) is 32.1 Å². The molecule has 150 valence electrons. The molecule has 0 saturated carbocycles. The molecule has 1 atom stereocenters. The number of ether oxygens (including phenoxy) is 1. The second-order valence-corrected chi connectivity index (χ2v) is 9.75. The van der Waals surface area contributed by atoms with Crippen molar-refractivity contribution in [2.24, 2.45) is 5.92 Å². The molecule has 2 fully saturated rings. The van der Waals surface area contributed by atoms with Crippen molar-refractivity contribution in [2.45, 2.75) is 51.5 Å². The molecule has 0 aliphatic carbocycles. The first-order chi connectivity index (χ1) is 12.7. The van der Waals surface area contributed by atoms with E-state index < -0.39 is 10.0 Å². The fraction of sp³-hybridized carbons (Fsp3) is 0.650. The van der Waals surface area contributed by atoms with Crippen molar-refractivity contribution in [3.63, 3.8) is 0 Å². The number of piperidine rings is 1. The van der Waals surface area contributed by atoms with Crippen LogP contribution in [0.4, 0.5) is 0 Å². The molecule has 0 bridgehead atoms. The maximum absolute atomic E-state index is 13.2. The predicted molar refractivity (Wildman–Crippen MR) is 104 cm³/mol. The first-order valence-corrected chi connectivity index (χ1v) is 11.1. The van der Waals surface area contributed by atoms with Crippen LogP contribution in [0.3, 0.4) is 0 Å². The number of aryl methyl sites for hydroxylation is 3. The quantitative estimate of drug-likeness (QED) is 0.789. The van der Waals surface area contributed by atoms with Crippen LogP contribution < -0.4 is 0 Å². The number of amides is 1. The molecular weight excluding hydrogens is 364 g/mol. The van der Waals surface area contributed by atoms with Crippen LogP contribution in [0.5, 0.6) is 0 Å². The van der Waals surface area contributed by atoms with Gasteiger partial charge in [0.1, 0.15) is 0 Å². The molecule has 3 rings (SSSR count). The number of sulfonamides is 1. The lowest BCUT2D eigenvalue weighted by Gasteiger charge is -2.37. The molecule has 2 aliphatic rings. The molecule has 1 aromatic rings. The number of hydrogen-bond donors (Lipinski definition) is 0. The van der Waals surface area contributed by atoms with Crippen molar-refractivity contribution in [1.29, 1.82) is 0 Å². The molecule has 1 amide bonds. The summed E-state index contributed by atoms with van der Waals surface area (Å²) in [5, 5.41) is 0. The third-order valence-electron chi connectivity index (χ3n) is 5.56. The van der Waals surface area contributed by atoms with Gasteiger partial charge in [-0.1, -0.05) is 17.7 Å². The molecule has 0 spiro atoms. The van der Waals surface area contributed by atoms with Gasteiger partial charge in [-0.3, -0.25) is 4.79 Å². The Balaban J connectivity index is 1.69. The summed E-state index contributed by atoms with van der Waals surface area (Å²) in [6.07, 6.45) is 1.22. The van der Waals surface area contributed by atoms with Crippen LogP contribution in [0.15, 0.2) is 17.0 Å². The van der Waals surface area contributed by atoms with Gasteiger partial charge in [-0.25, -0.2) is 8.42 Å². The van der Waals surface area contributed by atoms with Gasteiger partial charge in [-0.05, 0) is 51.7 Å².